The molecule has 0 aliphatic rings. The van der Waals surface area contributed by atoms with Gasteiger partial charge in [-0.1, -0.05) is 32.6 Å². The highest BCUT2D eigenvalue weighted by Crippen LogP contribution is 2.24. The molecule has 23 heavy (non-hydrogen) atoms. The fourth-order valence-corrected chi connectivity index (χ4v) is 3.96. The van der Waals surface area contributed by atoms with E-state index in [4.69, 9.17) is 9.47 Å². The zero-order valence-electron chi connectivity index (χ0n) is 14.1. The number of hydrogen-bond acceptors (Lipinski definition) is 5. The van der Waals surface area contributed by atoms with Gasteiger partial charge in [-0.25, -0.2) is 8.42 Å². The van der Waals surface area contributed by atoms with Crippen molar-refractivity contribution in [2.75, 3.05) is 13.7 Å². The molecular weight excluding hydrogens is 316 g/mol. The van der Waals surface area contributed by atoms with E-state index in [9.17, 15) is 13.2 Å². The first-order valence-electron chi connectivity index (χ1n) is 8.01. The molecule has 1 aromatic rings. The molecule has 0 heterocycles. The Labute approximate surface area is 138 Å². The molecule has 1 aromatic carbocycles. The van der Waals surface area contributed by atoms with Crippen LogP contribution in [0.25, 0.3) is 0 Å². The van der Waals surface area contributed by atoms with Gasteiger partial charge in [0.15, 0.2) is 15.1 Å². The Morgan fingerprint density at radius 2 is 1.74 bits per heavy atom. The topological polar surface area (TPSA) is 69.7 Å². The van der Waals surface area contributed by atoms with Crippen molar-refractivity contribution in [2.45, 2.75) is 56.1 Å². The summed E-state index contributed by atoms with van der Waals surface area (Å²) in [4.78, 5) is 12.2. The summed E-state index contributed by atoms with van der Waals surface area (Å²) in [6.45, 7) is 3.92. The van der Waals surface area contributed by atoms with Crippen molar-refractivity contribution in [1.82, 2.24) is 0 Å². The Morgan fingerprint density at radius 1 is 1.09 bits per heavy atom. The molecule has 0 saturated carbocycles. The average Bonchev–Trinajstić information content (AvgIpc) is 2.54. The summed E-state index contributed by atoms with van der Waals surface area (Å²) >= 11 is 0. The zero-order valence-corrected chi connectivity index (χ0v) is 14.9. The molecule has 130 valence electrons. The lowest BCUT2D eigenvalue weighted by Gasteiger charge is -2.16. The second-order valence-electron chi connectivity index (χ2n) is 5.31. The minimum atomic E-state index is -3.76. The maximum atomic E-state index is 12.8. The first-order valence-corrected chi connectivity index (χ1v) is 9.56. The van der Waals surface area contributed by atoms with Crippen LogP contribution in [0.5, 0.6) is 5.75 Å². The van der Waals surface area contributed by atoms with E-state index in [0.29, 0.717) is 12.2 Å². The predicted molar refractivity (Wildman–Crippen MR) is 89.4 cm³/mol. The van der Waals surface area contributed by atoms with Crippen LogP contribution in [0.4, 0.5) is 0 Å². The predicted octanol–water partition coefficient (Wildman–Crippen LogP) is 3.37. The number of carbonyl (C=O) groups is 1. The monoisotopic (exact) mass is 342 g/mol. The smallest absolute Gasteiger partial charge is 0.324 e. The Kier molecular flexibility index (Phi) is 8.09. The fourth-order valence-electron chi connectivity index (χ4n) is 2.32. The van der Waals surface area contributed by atoms with E-state index in [1.165, 1.54) is 19.2 Å². The molecule has 0 N–H and O–H groups in total. The van der Waals surface area contributed by atoms with Crippen LogP contribution in [0.3, 0.4) is 0 Å². The molecule has 0 aromatic heterocycles. The van der Waals surface area contributed by atoms with Crippen molar-refractivity contribution >= 4 is 15.8 Å². The second-order valence-corrected chi connectivity index (χ2v) is 7.44. The summed E-state index contributed by atoms with van der Waals surface area (Å²) < 4.78 is 35.5. The van der Waals surface area contributed by atoms with Crippen LogP contribution in [0.2, 0.25) is 0 Å². The largest absolute Gasteiger partial charge is 0.497 e. The van der Waals surface area contributed by atoms with Gasteiger partial charge < -0.3 is 9.47 Å². The van der Waals surface area contributed by atoms with E-state index >= 15 is 0 Å². The Bertz CT molecular complexity index is 578. The van der Waals surface area contributed by atoms with Crippen LogP contribution >= 0.6 is 0 Å². The van der Waals surface area contributed by atoms with Crippen molar-refractivity contribution in [3.8, 4) is 5.75 Å². The van der Waals surface area contributed by atoms with E-state index in [1.807, 2.05) is 0 Å². The molecule has 0 aliphatic heterocycles. The molecule has 0 unspecified atom stereocenters. The Balaban J connectivity index is 2.98. The summed E-state index contributed by atoms with van der Waals surface area (Å²) in [6.07, 6.45) is 3.96. The van der Waals surface area contributed by atoms with Crippen molar-refractivity contribution in [2.24, 2.45) is 0 Å². The number of unbranched alkanes of at least 4 members (excludes halogenated alkanes) is 3. The molecule has 0 spiro atoms. The van der Waals surface area contributed by atoms with E-state index in [2.05, 4.69) is 6.92 Å². The molecule has 1 rings (SSSR count). The number of methoxy groups -OCH3 is 1. The molecule has 0 saturated heterocycles. The summed E-state index contributed by atoms with van der Waals surface area (Å²) in [5, 5.41) is -1.15. The van der Waals surface area contributed by atoms with E-state index in [0.717, 1.165) is 19.3 Å². The third-order valence-electron chi connectivity index (χ3n) is 3.63. The van der Waals surface area contributed by atoms with Crippen molar-refractivity contribution in [1.29, 1.82) is 0 Å². The molecular formula is C17H26O5S. The van der Waals surface area contributed by atoms with Gasteiger partial charge in [-0.3, -0.25) is 4.79 Å². The van der Waals surface area contributed by atoms with Crippen LogP contribution < -0.4 is 4.74 Å². The van der Waals surface area contributed by atoms with Gasteiger partial charge in [-0.2, -0.15) is 0 Å². The Morgan fingerprint density at radius 3 is 2.26 bits per heavy atom. The molecule has 6 heteroatoms. The fraction of sp³-hybridized carbons (Fsp3) is 0.588. The number of benzene rings is 1. The molecule has 0 bridgehead atoms. The van der Waals surface area contributed by atoms with Crippen LogP contribution in [-0.2, 0) is 19.4 Å². The molecule has 1 atom stereocenters. The van der Waals surface area contributed by atoms with Crippen LogP contribution in [-0.4, -0.2) is 33.4 Å². The van der Waals surface area contributed by atoms with Crippen molar-refractivity contribution < 1.29 is 22.7 Å². The maximum Gasteiger partial charge on any atom is 0.324 e. The van der Waals surface area contributed by atoms with Crippen molar-refractivity contribution in [3.63, 3.8) is 0 Å². The summed E-state index contributed by atoms with van der Waals surface area (Å²) in [5.41, 5.74) is 0. The lowest BCUT2D eigenvalue weighted by Crippen LogP contribution is -2.32. The van der Waals surface area contributed by atoms with Gasteiger partial charge >= 0.3 is 5.97 Å². The zero-order chi connectivity index (χ0) is 17.3. The first kappa shape index (κ1) is 19.5. The van der Waals surface area contributed by atoms with Gasteiger partial charge in [0.1, 0.15) is 5.75 Å². The highest BCUT2D eigenvalue weighted by atomic mass is 32.2. The number of ether oxygens (including phenoxy) is 2. The molecule has 0 fully saturated rings. The van der Waals surface area contributed by atoms with Gasteiger partial charge in [-0.15, -0.1) is 0 Å². The summed E-state index contributed by atoms with van der Waals surface area (Å²) in [6, 6.07) is 6.08. The van der Waals surface area contributed by atoms with E-state index in [1.54, 1.807) is 19.1 Å². The van der Waals surface area contributed by atoms with Gasteiger partial charge in [0.2, 0.25) is 0 Å². The number of carbonyl (C=O) groups excluding carboxylic acids is 1. The Hall–Kier alpha value is -1.56. The summed E-state index contributed by atoms with van der Waals surface area (Å²) in [5.74, 6) is -0.0978. The second kappa shape index (κ2) is 9.55. The third-order valence-corrected chi connectivity index (χ3v) is 5.74. The molecule has 0 amide bonds. The first-order chi connectivity index (χ1) is 11.0. The maximum absolute atomic E-state index is 12.8. The normalized spacial score (nSPS) is 12.7. The van der Waals surface area contributed by atoms with Crippen LogP contribution in [0, 0.1) is 0 Å². The summed E-state index contributed by atoms with van der Waals surface area (Å²) in [7, 11) is -2.25. The highest BCUT2D eigenvalue weighted by Gasteiger charge is 2.34. The molecule has 0 aliphatic carbocycles. The highest BCUT2D eigenvalue weighted by molar-refractivity contribution is 7.92. The standard InChI is InChI=1S/C17H26O5S/c1-4-6-7-8-9-16(17(18)22-5-2)23(19,20)15-12-10-14(21-3)11-13-15/h10-13,16H,4-9H2,1-3H3/t16-/m1/s1. The van der Waals surface area contributed by atoms with Crippen LogP contribution in [0.15, 0.2) is 29.2 Å². The number of hydrogen-bond donors (Lipinski definition) is 0. The van der Waals surface area contributed by atoms with Crippen molar-refractivity contribution in [3.05, 3.63) is 24.3 Å². The minimum absolute atomic E-state index is 0.117. The van der Waals surface area contributed by atoms with E-state index < -0.39 is 21.1 Å². The SMILES string of the molecule is CCCCCC[C@H](C(=O)OCC)S(=O)(=O)c1ccc(OC)cc1. The minimum Gasteiger partial charge on any atom is -0.497 e. The van der Waals surface area contributed by atoms with Gasteiger partial charge in [0.25, 0.3) is 0 Å². The number of sulfone groups is 1. The molecule has 0 radical (unpaired) electrons. The quantitative estimate of drug-likeness (QED) is 0.481. The average molecular weight is 342 g/mol. The van der Waals surface area contributed by atoms with Gasteiger partial charge in [-0.05, 0) is 37.6 Å². The number of rotatable bonds is 10. The third kappa shape index (κ3) is 5.53. The lowest BCUT2D eigenvalue weighted by atomic mass is 10.1. The van der Waals surface area contributed by atoms with Crippen LogP contribution in [0.1, 0.15) is 46.0 Å². The molecule has 5 nitrogen and oxygen atoms in total. The lowest BCUT2D eigenvalue weighted by molar-refractivity contribution is -0.142. The van der Waals surface area contributed by atoms with Gasteiger partial charge in [0.05, 0.1) is 18.6 Å². The number of esters is 1. The van der Waals surface area contributed by atoms with E-state index in [-0.39, 0.29) is 17.9 Å². The van der Waals surface area contributed by atoms with Gasteiger partial charge in [0, 0.05) is 0 Å².